The standard InChI is InChI=1S/C17H16FN3/c1-12-10-14(4-6-16(12)18)17-7-5-15(13(2)20-17)11-21-9-3-8-19-21/h3-10H,11H2,1-2H3. The van der Waals surface area contributed by atoms with Crippen molar-refractivity contribution in [3.63, 3.8) is 0 Å². The normalized spacial score (nSPS) is 10.8. The molecule has 0 aliphatic carbocycles. The molecule has 2 heterocycles. The first-order valence-corrected chi connectivity index (χ1v) is 6.84. The molecule has 0 saturated carbocycles. The molecule has 0 bridgehead atoms. The smallest absolute Gasteiger partial charge is 0.126 e. The second-order valence-corrected chi connectivity index (χ2v) is 5.11. The van der Waals surface area contributed by atoms with Crippen molar-refractivity contribution in [2.75, 3.05) is 0 Å². The third kappa shape index (κ3) is 2.84. The molecular weight excluding hydrogens is 265 g/mol. The Morgan fingerprint density at radius 2 is 2.00 bits per heavy atom. The quantitative estimate of drug-likeness (QED) is 0.732. The van der Waals surface area contributed by atoms with Gasteiger partial charge in [-0.2, -0.15) is 5.10 Å². The zero-order valence-corrected chi connectivity index (χ0v) is 12.0. The minimum atomic E-state index is -0.189. The van der Waals surface area contributed by atoms with E-state index in [-0.39, 0.29) is 5.82 Å². The molecule has 0 saturated heterocycles. The van der Waals surface area contributed by atoms with Gasteiger partial charge in [-0.1, -0.05) is 6.07 Å². The van der Waals surface area contributed by atoms with Gasteiger partial charge in [0.15, 0.2) is 0 Å². The molecule has 0 spiro atoms. The minimum Gasteiger partial charge on any atom is -0.268 e. The number of aryl methyl sites for hydroxylation is 2. The molecule has 0 atom stereocenters. The summed E-state index contributed by atoms with van der Waals surface area (Å²) < 4.78 is 15.2. The van der Waals surface area contributed by atoms with Crippen LogP contribution in [0.4, 0.5) is 4.39 Å². The van der Waals surface area contributed by atoms with Crippen LogP contribution >= 0.6 is 0 Å². The maximum absolute atomic E-state index is 13.3. The van der Waals surface area contributed by atoms with Crippen LogP contribution in [0.25, 0.3) is 11.3 Å². The van der Waals surface area contributed by atoms with Crippen LogP contribution in [0.2, 0.25) is 0 Å². The molecule has 3 nitrogen and oxygen atoms in total. The van der Waals surface area contributed by atoms with Gasteiger partial charge >= 0.3 is 0 Å². The Morgan fingerprint density at radius 3 is 2.67 bits per heavy atom. The number of hydrogen-bond acceptors (Lipinski definition) is 2. The number of hydrogen-bond donors (Lipinski definition) is 0. The first-order valence-electron chi connectivity index (χ1n) is 6.84. The molecule has 3 rings (SSSR count). The summed E-state index contributed by atoms with van der Waals surface area (Å²) in [6.45, 7) is 4.45. The van der Waals surface area contributed by atoms with Crippen LogP contribution in [-0.2, 0) is 6.54 Å². The lowest BCUT2D eigenvalue weighted by Gasteiger charge is -2.09. The van der Waals surface area contributed by atoms with Crippen LogP contribution in [-0.4, -0.2) is 14.8 Å². The Hall–Kier alpha value is -2.49. The van der Waals surface area contributed by atoms with E-state index in [2.05, 4.69) is 16.1 Å². The minimum absolute atomic E-state index is 0.189. The van der Waals surface area contributed by atoms with Crippen molar-refractivity contribution in [3.8, 4) is 11.3 Å². The van der Waals surface area contributed by atoms with E-state index in [9.17, 15) is 4.39 Å². The third-order valence-corrected chi connectivity index (χ3v) is 3.54. The summed E-state index contributed by atoms with van der Waals surface area (Å²) in [4.78, 5) is 4.63. The highest BCUT2D eigenvalue weighted by molar-refractivity contribution is 5.60. The summed E-state index contributed by atoms with van der Waals surface area (Å²) in [5.74, 6) is -0.189. The summed E-state index contributed by atoms with van der Waals surface area (Å²) in [6.07, 6.45) is 3.69. The third-order valence-electron chi connectivity index (χ3n) is 3.54. The monoisotopic (exact) mass is 281 g/mol. The molecule has 4 heteroatoms. The van der Waals surface area contributed by atoms with Crippen LogP contribution < -0.4 is 0 Å². The van der Waals surface area contributed by atoms with E-state index in [1.165, 1.54) is 6.07 Å². The van der Waals surface area contributed by atoms with Crippen molar-refractivity contribution in [1.82, 2.24) is 14.8 Å². The summed E-state index contributed by atoms with van der Waals surface area (Å²) in [5, 5.41) is 4.20. The van der Waals surface area contributed by atoms with Gasteiger partial charge in [-0.05, 0) is 55.3 Å². The Morgan fingerprint density at radius 1 is 1.14 bits per heavy atom. The molecule has 106 valence electrons. The number of nitrogens with zero attached hydrogens (tertiary/aromatic N) is 3. The predicted molar refractivity (Wildman–Crippen MR) is 80.4 cm³/mol. The number of pyridine rings is 1. The van der Waals surface area contributed by atoms with Crippen molar-refractivity contribution in [2.45, 2.75) is 20.4 Å². The molecule has 0 amide bonds. The number of halogens is 1. The zero-order valence-electron chi connectivity index (χ0n) is 12.0. The Labute approximate surface area is 123 Å². The Balaban J connectivity index is 1.91. The van der Waals surface area contributed by atoms with Crippen molar-refractivity contribution in [3.05, 3.63) is 71.4 Å². The van der Waals surface area contributed by atoms with Crippen LogP contribution in [0.3, 0.4) is 0 Å². The molecule has 3 aromatic rings. The maximum Gasteiger partial charge on any atom is 0.126 e. The van der Waals surface area contributed by atoms with Gasteiger partial charge in [-0.3, -0.25) is 9.67 Å². The van der Waals surface area contributed by atoms with E-state index in [0.29, 0.717) is 12.1 Å². The molecule has 0 radical (unpaired) electrons. The highest BCUT2D eigenvalue weighted by Crippen LogP contribution is 2.21. The van der Waals surface area contributed by atoms with Crippen molar-refractivity contribution in [1.29, 1.82) is 0 Å². The molecule has 21 heavy (non-hydrogen) atoms. The topological polar surface area (TPSA) is 30.7 Å². The molecule has 0 fully saturated rings. The molecule has 0 unspecified atom stereocenters. The van der Waals surface area contributed by atoms with Crippen LogP contribution in [0.15, 0.2) is 48.8 Å². The fraction of sp³-hybridized carbons (Fsp3) is 0.176. The van der Waals surface area contributed by atoms with Crippen molar-refractivity contribution in [2.24, 2.45) is 0 Å². The molecular formula is C17H16FN3. The second kappa shape index (κ2) is 5.48. The molecule has 2 aromatic heterocycles. The van der Waals surface area contributed by atoms with Gasteiger partial charge in [0, 0.05) is 23.7 Å². The Kier molecular flexibility index (Phi) is 3.52. The SMILES string of the molecule is Cc1cc(-c2ccc(Cn3cccn3)c(C)n2)ccc1F. The molecule has 0 aliphatic rings. The molecule has 0 N–H and O–H groups in total. The van der Waals surface area contributed by atoms with E-state index in [1.54, 1.807) is 19.2 Å². The lowest BCUT2D eigenvalue weighted by atomic mass is 10.1. The van der Waals surface area contributed by atoms with Gasteiger partial charge in [-0.15, -0.1) is 0 Å². The summed E-state index contributed by atoms with van der Waals surface area (Å²) in [6, 6.07) is 11.0. The van der Waals surface area contributed by atoms with Gasteiger partial charge in [0.05, 0.1) is 12.2 Å². The highest BCUT2D eigenvalue weighted by atomic mass is 19.1. The first-order chi connectivity index (χ1) is 10.1. The predicted octanol–water partition coefficient (Wildman–Crippen LogP) is 3.75. The van der Waals surface area contributed by atoms with Gasteiger partial charge in [0.1, 0.15) is 5.82 Å². The van der Waals surface area contributed by atoms with E-state index in [4.69, 9.17) is 0 Å². The zero-order chi connectivity index (χ0) is 14.8. The van der Waals surface area contributed by atoms with Crippen LogP contribution in [0.5, 0.6) is 0 Å². The van der Waals surface area contributed by atoms with E-state index < -0.39 is 0 Å². The lowest BCUT2D eigenvalue weighted by Crippen LogP contribution is -2.03. The first kappa shape index (κ1) is 13.5. The largest absolute Gasteiger partial charge is 0.268 e. The van der Waals surface area contributed by atoms with E-state index >= 15 is 0 Å². The van der Waals surface area contributed by atoms with Crippen LogP contribution in [0, 0.1) is 19.7 Å². The molecule has 1 aromatic carbocycles. The lowest BCUT2D eigenvalue weighted by molar-refractivity contribution is 0.618. The van der Waals surface area contributed by atoms with Crippen molar-refractivity contribution < 1.29 is 4.39 Å². The van der Waals surface area contributed by atoms with Gasteiger partial charge in [-0.25, -0.2) is 4.39 Å². The maximum atomic E-state index is 13.3. The summed E-state index contributed by atoms with van der Waals surface area (Å²) in [5.41, 5.74) is 4.52. The summed E-state index contributed by atoms with van der Waals surface area (Å²) >= 11 is 0. The fourth-order valence-corrected chi connectivity index (χ4v) is 2.29. The van der Waals surface area contributed by atoms with Gasteiger partial charge in [0.25, 0.3) is 0 Å². The summed E-state index contributed by atoms with van der Waals surface area (Å²) in [7, 11) is 0. The Bertz CT molecular complexity index is 764. The van der Waals surface area contributed by atoms with Gasteiger partial charge in [0.2, 0.25) is 0 Å². The van der Waals surface area contributed by atoms with Gasteiger partial charge < -0.3 is 0 Å². The average Bonchev–Trinajstić information content (AvgIpc) is 2.97. The number of rotatable bonds is 3. The number of benzene rings is 1. The number of aromatic nitrogens is 3. The second-order valence-electron chi connectivity index (χ2n) is 5.11. The average molecular weight is 281 g/mol. The fourth-order valence-electron chi connectivity index (χ4n) is 2.29. The van der Waals surface area contributed by atoms with Crippen molar-refractivity contribution >= 4 is 0 Å². The van der Waals surface area contributed by atoms with E-state index in [1.807, 2.05) is 36.0 Å². The molecule has 0 aliphatic heterocycles. The van der Waals surface area contributed by atoms with Crippen LogP contribution in [0.1, 0.15) is 16.8 Å². The highest BCUT2D eigenvalue weighted by Gasteiger charge is 2.06. The van der Waals surface area contributed by atoms with E-state index in [0.717, 1.165) is 22.5 Å².